The standard InChI is InChI=1S/C15H15FN4OS/c1-9(14-17-3-4-22-14)7-20(2)15(21)11-5-10(16)6-12-13(11)19-8-18-12/h3-6,8-9H,7H2,1-2H3,(H,18,19). The van der Waals surface area contributed by atoms with E-state index in [9.17, 15) is 9.18 Å². The molecule has 3 rings (SSSR count). The number of aromatic amines is 1. The van der Waals surface area contributed by atoms with Crippen molar-refractivity contribution in [3.8, 4) is 0 Å². The zero-order chi connectivity index (χ0) is 15.7. The predicted octanol–water partition coefficient (Wildman–Crippen LogP) is 3.03. The molecule has 3 aromatic rings. The molecule has 0 aliphatic heterocycles. The second kappa shape index (κ2) is 5.84. The van der Waals surface area contributed by atoms with Gasteiger partial charge < -0.3 is 9.88 Å². The van der Waals surface area contributed by atoms with Crippen LogP contribution in [0.25, 0.3) is 11.0 Å². The highest BCUT2D eigenvalue weighted by Crippen LogP contribution is 2.22. The summed E-state index contributed by atoms with van der Waals surface area (Å²) in [6.07, 6.45) is 3.21. The Morgan fingerprint density at radius 2 is 2.27 bits per heavy atom. The summed E-state index contributed by atoms with van der Waals surface area (Å²) < 4.78 is 13.7. The second-order valence-electron chi connectivity index (χ2n) is 5.21. The fourth-order valence-corrected chi connectivity index (χ4v) is 3.12. The number of hydrogen-bond donors (Lipinski definition) is 1. The molecule has 0 fully saturated rings. The highest BCUT2D eigenvalue weighted by Gasteiger charge is 2.20. The van der Waals surface area contributed by atoms with Gasteiger partial charge in [-0.1, -0.05) is 6.92 Å². The van der Waals surface area contributed by atoms with Crippen molar-refractivity contribution >= 4 is 28.3 Å². The quantitative estimate of drug-likeness (QED) is 0.804. The molecule has 2 heterocycles. The van der Waals surface area contributed by atoms with Crippen molar-refractivity contribution < 1.29 is 9.18 Å². The van der Waals surface area contributed by atoms with E-state index < -0.39 is 5.82 Å². The number of benzene rings is 1. The molecule has 0 saturated heterocycles. The molecule has 1 atom stereocenters. The fourth-order valence-electron chi connectivity index (χ4n) is 2.43. The minimum Gasteiger partial charge on any atom is -0.344 e. The van der Waals surface area contributed by atoms with Gasteiger partial charge in [-0.2, -0.15) is 0 Å². The topological polar surface area (TPSA) is 61.9 Å². The number of amides is 1. The van der Waals surface area contributed by atoms with Gasteiger partial charge in [-0.15, -0.1) is 11.3 Å². The van der Waals surface area contributed by atoms with Crippen molar-refractivity contribution in [1.29, 1.82) is 0 Å². The lowest BCUT2D eigenvalue weighted by atomic mass is 10.1. The molecule has 0 radical (unpaired) electrons. The van der Waals surface area contributed by atoms with Crippen LogP contribution in [0, 0.1) is 5.82 Å². The van der Waals surface area contributed by atoms with Gasteiger partial charge in [0.15, 0.2) is 0 Å². The van der Waals surface area contributed by atoms with Crippen LogP contribution in [0.5, 0.6) is 0 Å². The van der Waals surface area contributed by atoms with Crippen molar-refractivity contribution in [2.75, 3.05) is 13.6 Å². The first-order valence-electron chi connectivity index (χ1n) is 6.83. The normalized spacial score (nSPS) is 12.5. The number of nitrogens with one attached hydrogen (secondary N) is 1. The zero-order valence-corrected chi connectivity index (χ0v) is 13.0. The van der Waals surface area contributed by atoms with E-state index in [1.807, 2.05) is 12.3 Å². The summed E-state index contributed by atoms with van der Waals surface area (Å²) in [7, 11) is 1.70. The Hall–Kier alpha value is -2.28. The summed E-state index contributed by atoms with van der Waals surface area (Å²) in [6, 6.07) is 2.56. The number of carbonyl (C=O) groups is 1. The predicted molar refractivity (Wildman–Crippen MR) is 83.5 cm³/mol. The minimum absolute atomic E-state index is 0.122. The van der Waals surface area contributed by atoms with E-state index in [0.29, 0.717) is 17.6 Å². The number of halogens is 1. The number of likely N-dealkylation sites (N-methyl/N-ethyl adjacent to an activating group) is 1. The van der Waals surface area contributed by atoms with E-state index in [0.717, 1.165) is 5.01 Å². The third-order valence-corrected chi connectivity index (χ3v) is 4.49. The highest BCUT2D eigenvalue weighted by molar-refractivity contribution is 7.09. The Morgan fingerprint density at radius 1 is 1.45 bits per heavy atom. The van der Waals surface area contributed by atoms with E-state index in [1.165, 1.54) is 18.5 Å². The molecule has 7 heteroatoms. The number of H-pyrrole nitrogens is 1. The van der Waals surface area contributed by atoms with Crippen LogP contribution in [0.2, 0.25) is 0 Å². The number of thiazole rings is 1. The van der Waals surface area contributed by atoms with Gasteiger partial charge in [0, 0.05) is 31.1 Å². The van der Waals surface area contributed by atoms with Crippen molar-refractivity contribution in [3.63, 3.8) is 0 Å². The maximum Gasteiger partial charge on any atom is 0.255 e. The SMILES string of the molecule is CC(CN(C)C(=O)c1cc(F)cc2[nH]cnc12)c1nccs1. The van der Waals surface area contributed by atoms with Crippen molar-refractivity contribution in [3.05, 3.63) is 46.4 Å². The highest BCUT2D eigenvalue weighted by atomic mass is 32.1. The lowest BCUT2D eigenvalue weighted by Crippen LogP contribution is -2.30. The summed E-state index contributed by atoms with van der Waals surface area (Å²) in [5.41, 5.74) is 1.27. The Morgan fingerprint density at radius 3 is 3.00 bits per heavy atom. The van der Waals surface area contributed by atoms with Crippen molar-refractivity contribution in [2.24, 2.45) is 0 Å². The monoisotopic (exact) mass is 318 g/mol. The molecule has 0 saturated carbocycles. The van der Waals surface area contributed by atoms with Gasteiger partial charge in [0.25, 0.3) is 5.91 Å². The van der Waals surface area contributed by atoms with E-state index in [4.69, 9.17) is 0 Å². The van der Waals surface area contributed by atoms with Gasteiger partial charge in [-0.25, -0.2) is 14.4 Å². The lowest BCUT2D eigenvalue weighted by molar-refractivity contribution is 0.0789. The van der Waals surface area contributed by atoms with Gasteiger partial charge in [0.05, 0.1) is 22.4 Å². The molecule has 1 aromatic carbocycles. The molecular weight excluding hydrogens is 303 g/mol. The third-order valence-electron chi connectivity index (χ3n) is 3.49. The summed E-state index contributed by atoms with van der Waals surface area (Å²) >= 11 is 1.56. The average molecular weight is 318 g/mol. The maximum atomic E-state index is 13.7. The smallest absolute Gasteiger partial charge is 0.255 e. The number of nitrogens with zero attached hydrogens (tertiary/aromatic N) is 3. The van der Waals surface area contributed by atoms with E-state index in [-0.39, 0.29) is 17.4 Å². The Balaban J connectivity index is 1.84. The molecular formula is C15H15FN4OS. The first kappa shape index (κ1) is 14.6. The Bertz CT molecular complexity index is 799. The van der Waals surface area contributed by atoms with Gasteiger partial charge in [0.2, 0.25) is 0 Å². The van der Waals surface area contributed by atoms with Crippen LogP contribution in [0.4, 0.5) is 4.39 Å². The largest absolute Gasteiger partial charge is 0.344 e. The molecule has 114 valence electrons. The number of hydrogen-bond acceptors (Lipinski definition) is 4. The van der Waals surface area contributed by atoms with Gasteiger partial charge in [-0.05, 0) is 12.1 Å². The second-order valence-corrected chi connectivity index (χ2v) is 6.14. The van der Waals surface area contributed by atoms with Crippen LogP contribution in [-0.4, -0.2) is 39.4 Å². The molecule has 0 bridgehead atoms. The molecule has 2 aromatic heterocycles. The molecule has 0 aliphatic rings. The first-order valence-corrected chi connectivity index (χ1v) is 7.71. The maximum absolute atomic E-state index is 13.7. The van der Waals surface area contributed by atoms with Crippen LogP contribution in [0.3, 0.4) is 0 Å². The molecule has 0 spiro atoms. The van der Waals surface area contributed by atoms with Crippen LogP contribution >= 0.6 is 11.3 Å². The Kier molecular flexibility index (Phi) is 3.89. The number of carbonyl (C=O) groups excluding carboxylic acids is 1. The van der Waals surface area contributed by atoms with E-state index in [2.05, 4.69) is 15.0 Å². The van der Waals surface area contributed by atoms with Crippen LogP contribution in [-0.2, 0) is 0 Å². The van der Waals surface area contributed by atoms with Crippen LogP contribution in [0.1, 0.15) is 28.2 Å². The summed E-state index contributed by atoms with van der Waals surface area (Å²) in [5.74, 6) is -0.585. The molecule has 1 N–H and O–H groups in total. The number of imidazole rings is 1. The van der Waals surface area contributed by atoms with Crippen molar-refractivity contribution in [1.82, 2.24) is 19.9 Å². The number of fused-ring (bicyclic) bond motifs is 1. The van der Waals surface area contributed by atoms with Gasteiger partial charge >= 0.3 is 0 Å². The zero-order valence-electron chi connectivity index (χ0n) is 12.2. The van der Waals surface area contributed by atoms with Gasteiger partial charge in [-0.3, -0.25) is 4.79 Å². The number of aromatic nitrogens is 3. The summed E-state index contributed by atoms with van der Waals surface area (Å²) in [5, 5.41) is 2.89. The van der Waals surface area contributed by atoms with E-state index >= 15 is 0 Å². The average Bonchev–Trinajstić information content (AvgIpc) is 3.16. The minimum atomic E-state index is -0.457. The molecule has 5 nitrogen and oxygen atoms in total. The van der Waals surface area contributed by atoms with Gasteiger partial charge in [0.1, 0.15) is 11.3 Å². The lowest BCUT2D eigenvalue weighted by Gasteiger charge is -2.20. The molecule has 1 amide bonds. The number of rotatable bonds is 4. The van der Waals surface area contributed by atoms with Crippen molar-refractivity contribution in [2.45, 2.75) is 12.8 Å². The van der Waals surface area contributed by atoms with E-state index in [1.54, 1.807) is 29.5 Å². The Labute approximate surface area is 130 Å². The molecule has 1 unspecified atom stereocenters. The molecule has 0 aliphatic carbocycles. The van der Waals surface area contributed by atoms with Crippen LogP contribution in [0.15, 0.2) is 30.0 Å². The van der Waals surface area contributed by atoms with Crippen LogP contribution < -0.4 is 0 Å². The third kappa shape index (κ3) is 2.71. The first-order chi connectivity index (χ1) is 10.6. The summed E-state index contributed by atoms with van der Waals surface area (Å²) in [6.45, 7) is 2.52. The molecule has 22 heavy (non-hydrogen) atoms. The summed E-state index contributed by atoms with van der Waals surface area (Å²) in [4.78, 5) is 25.4. The fraction of sp³-hybridized carbons (Fsp3) is 0.267.